The first-order valence-corrected chi connectivity index (χ1v) is 10.6. The summed E-state index contributed by atoms with van der Waals surface area (Å²) in [7, 11) is 0. The van der Waals surface area contributed by atoms with Crippen molar-refractivity contribution in [1.82, 2.24) is 19.6 Å². The van der Waals surface area contributed by atoms with E-state index in [1.165, 1.54) is 0 Å². The molecule has 27 heavy (non-hydrogen) atoms. The number of nitrogens with zero attached hydrogens (tertiary/aromatic N) is 4. The largest absolute Gasteiger partial charge is 0.337 e. The zero-order valence-electron chi connectivity index (χ0n) is 18.9. The Morgan fingerprint density at radius 1 is 0.630 bits per heavy atom. The highest BCUT2D eigenvalue weighted by Crippen LogP contribution is 2.11. The van der Waals surface area contributed by atoms with Gasteiger partial charge in [0.1, 0.15) is 0 Å². The number of carbonyl (C=O) groups is 2. The van der Waals surface area contributed by atoms with Gasteiger partial charge in [0.2, 0.25) is 11.8 Å². The van der Waals surface area contributed by atoms with Crippen LogP contribution in [0.3, 0.4) is 0 Å². The van der Waals surface area contributed by atoms with Gasteiger partial charge < -0.3 is 9.80 Å². The lowest BCUT2D eigenvalue weighted by atomic mass is 10.2. The van der Waals surface area contributed by atoms with E-state index in [0.29, 0.717) is 13.1 Å². The molecule has 158 valence electrons. The molecule has 0 radical (unpaired) electrons. The summed E-state index contributed by atoms with van der Waals surface area (Å²) in [4.78, 5) is 33.9. The zero-order valence-corrected chi connectivity index (χ0v) is 18.9. The van der Waals surface area contributed by atoms with Gasteiger partial charge in [0, 0.05) is 37.3 Å². The van der Waals surface area contributed by atoms with Crippen LogP contribution in [-0.2, 0) is 9.59 Å². The van der Waals surface area contributed by atoms with Crippen molar-refractivity contribution in [3.05, 3.63) is 0 Å². The lowest BCUT2D eigenvalue weighted by Gasteiger charge is -2.33. The molecule has 2 amide bonds. The highest BCUT2D eigenvalue weighted by molar-refractivity contribution is 5.79. The average Bonchev–Trinajstić information content (AvgIpc) is 2.70. The van der Waals surface area contributed by atoms with Gasteiger partial charge in [0.15, 0.2) is 0 Å². The van der Waals surface area contributed by atoms with Crippen LogP contribution in [0.2, 0.25) is 0 Å². The molecule has 1 fully saturated rings. The predicted molar refractivity (Wildman–Crippen MR) is 112 cm³/mol. The minimum atomic E-state index is 0.204. The summed E-state index contributed by atoms with van der Waals surface area (Å²) in [6.07, 6.45) is 0.993. The first kappa shape index (κ1) is 23.9. The molecular formula is C21H42N4O2. The Morgan fingerprint density at radius 3 is 1.19 bits per heavy atom. The molecule has 1 aliphatic heterocycles. The third kappa shape index (κ3) is 7.41. The third-order valence-corrected chi connectivity index (χ3v) is 5.20. The van der Waals surface area contributed by atoms with Crippen LogP contribution in [0.4, 0.5) is 0 Å². The fourth-order valence-corrected chi connectivity index (χ4v) is 4.23. The van der Waals surface area contributed by atoms with E-state index in [4.69, 9.17) is 0 Å². The second-order valence-electron chi connectivity index (χ2n) is 8.88. The molecule has 1 aliphatic rings. The van der Waals surface area contributed by atoms with E-state index in [-0.39, 0.29) is 36.0 Å². The standard InChI is InChI=1S/C21H42N4O2/c1-16(2)24(17(3)4)20(26)14-22-10-9-11-23(13-12-22)15-21(27)25(18(5)6)19(7)8/h16-19H,9-15H2,1-8H3. The minimum Gasteiger partial charge on any atom is -0.337 e. The van der Waals surface area contributed by atoms with Crippen molar-refractivity contribution in [2.45, 2.75) is 86.0 Å². The van der Waals surface area contributed by atoms with E-state index in [1.54, 1.807) is 0 Å². The summed E-state index contributed by atoms with van der Waals surface area (Å²) in [5.41, 5.74) is 0. The molecule has 0 bridgehead atoms. The van der Waals surface area contributed by atoms with E-state index in [1.807, 2.05) is 9.80 Å². The molecule has 1 saturated heterocycles. The highest BCUT2D eigenvalue weighted by atomic mass is 16.2. The molecule has 6 nitrogen and oxygen atoms in total. The van der Waals surface area contributed by atoms with Crippen LogP contribution in [0.25, 0.3) is 0 Å². The Morgan fingerprint density at radius 2 is 0.926 bits per heavy atom. The molecule has 0 spiro atoms. The summed E-state index contributed by atoms with van der Waals surface area (Å²) in [5.74, 6) is 0.408. The minimum absolute atomic E-state index is 0.204. The van der Waals surface area contributed by atoms with Crippen LogP contribution in [-0.4, -0.2) is 94.8 Å². The number of amides is 2. The second kappa shape index (κ2) is 11.0. The van der Waals surface area contributed by atoms with E-state index in [9.17, 15) is 9.59 Å². The topological polar surface area (TPSA) is 47.1 Å². The van der Waals surface area contributed by atoms with Gasteiger partial charge in [-0.25, -0.2) is 0 Å². The molecule has 0 aliphatic carbocycles. The van der Waals surface area contributed by atoms with Gasteiger partial charge in [-0.3, -0.25) is 19.4 Å². The number of rotatable bonds is 8. The van der Waals surface area contributed by atoms with Crippen molar-refractivity contribution < 1.29 is 9.59 Å². The number of hydrogen-bond donors (Lipinski definition) is 0. The first-order chi connectivity index (χ1) is 12.5. The van der Waals surface area contributed by atoms with Gasteiger partial charge in [0.25, 0.3) is 0 Å². The van der Waals surface area contributed by atoms with Crippen LogP contribution >= 0.6 is 0 Å². The number of hydrogen-bond acceptors (Lipinski definition) is 4. The summed E-state index contributed by atoms with van der Waals surface area (Å²) < 4.78 is 0. The molecule has 1 rings (SSSR count). The Hall–Kier alpha value is -1.14. The van der Waals surface area contributed by atoms with Crippen molar-refractivity contribution in [1.29, 1.82) is 0 Å². The fourth-order valence-electron chi connectivity index (χ4n) is 4.23. The van der Waals surface area contributed by atoms with Crippen molar-refractivity contribution in [2.24, 2.45) is 0 Å². The third-order valence-electron chi connectivity index (χ3n) is 5.20. The predicted octanol–water partition coefficient (Wildman–Crippen LogP) is 2.28. The van der Waals surface area contributed by atoms with Crippen molar-refractivity contribution in [3.8, 4) is 0 Å². The lowest BCUT2D eigenvalue weighted by molar-refractivity contribution is -0.137. The van der Waals surface area contributed by atoms with Gasteiger partial charge >= 0.3 is 0 Å². The molecule has 0 aromatic carbocycles. The maximum Gasteiger partial charge on any atom is 0.237 e. The molecule has 1 heterocycles. The maximum atomic E-state index is 12.7. The molecule has 0 N–H and O–H groups in total. The van der Waals surface area contributed by atoms with Crippen LogP contribution in [0, 0.1) is 0 Å². The van der Waals surface area contributed by atoms with Gasteiger partial charge in [-0.05, 0) is 74.9 Å². The van der Waals surface area contributed by atoms with Crippen LogP contribution in [0.5, 0.6) is 0 Å². The first-order valence-electron chi connectivity index (χ1n) is 10.6. The summed E-state index contributed by atoms with van der Waals surface area (Å²) in [5, 5.41) is 0. The SMILES string of the molecule is CC(C)N(C(=O)CN1CCCN(CC(=O)N(C(C)C)C(C)C)CC1)C(C)C. The van der Waals surface area contributed by atoms with Gasteiger partial charge in [-0.2, -0.15) is 0 Å². The van der Waals surface area contributed by atoms with Gasteiger partial charge in [0.05, 0.1) is 13.1 Å². The molecule has 6 heteroatoms. The molecule has 0 aromatic rings. The highest BCUT2D eigenvalue weighted by Gasteiger charge is 2.26. The summed E-state index contributed by atoms with van der Waals surface area (Å²) in [6, 6.07) is 0.876. The van der Waals surface area contributed by atoms with Gasteiger partial charge in [-0.1, -0.05) is 0 Å². The molecular weight excluding hydrogens is 340 g/mol. The average molecular weight is 383 g/mol. The van der Waals surface area contributed by atoms with Crippen molar-refractivity contribution in [2.75, 3.05) is 39.3 Å². The van der Waals surface area contributed by atoms with E-state index in [2.05, 4.69) is 65.2 Å². The van der Waals surface area contributed by atoms with E-state index < -0.39 is 0 Å². The fraction of sp³-hybridized carbons (Fsp3) is 0.905. The van der Waals surface area contributed by atoms with E-state index >= 15 is 0 Å². The molecule has 0 atom stereocenters. The Balaban J connectivity index is 2.59. The van der Waals surface area contributed by atoms with Crippen LogP contribution in [0.1, 0.15) is 61.8 Å². The Labute approximate surface area is 166 Å². The summed E-state index contributed by atoms with van der Waals surface area (Å²) in [6.45, 7) is 21.0. The van der Waals surface area contributed by atoms with Gasteiger partial charge in [-0.15, -0.1) is 0 Å². The monoisotopic (exact) mass is 382 g/mol. The van der Waals surface area contributed by atoms with Crippen LogP contribution in [0.15, 0.2) is 0 Å². The van der Waals surface area contributed by atoms with Crippen LogP contribution < -0.4 is 0 Å². The Kier molecular flexibility index (Phi) is 9.74. The number of carbonyl (C=O) groups excluding carboxylic acids is 2. The molecule has 0 saturated carbocycles. The van der Waals surface area contributed by atoms with Crippen molar-refractivity contribution >= 4 is 11.8 Å². The Bertz CT molecular complexity index is 419. The maximum absolute atomic E-state index is 12.7. The lowest BCUT2D eigenvalue weighted by Crippen LogP contribution is -2.48. The molecule has 0 aromatic heterocycles. The summed E-state index contributed by atoms with van der Waals surface area (Å²) >= 11 is 0. The normalized spacial score (nSPS) is 17.0. The smallest absolute Gasteiger partial charge is 0.237 e. The van der Waals surface area contributed by atoms with Crippen molar-refractivity contribution in [3.63, 3.8) is 0 Å². The molecule has 0 unspecified atom stereocenters. The quantitative estimate of drug-likeness (QED) is 0.646. The second-order valence-corrected chi connectivity index (χ2v) is 8.88. The zero-order chi connectivity index (χ0) is 20.7. The van der Waals surface area contributed by atoms with E-state index in [0.717, 1.165) is 32.6 Å².